The van der Waals surface area contributed by atoms with E-state index in [1.54, 1.807) is 12.1 Å². The molecule has 4 heteroatoms. The third-order valence-corrected chi connectivity index (χ3v) is 4.50. The van der Waals surface area contributed by atoms with Gasteiger partial charge in [0, 0.05) is 5.92 Å². The van der Waals surface area contributed by atoms with Crippen molar-refractivity contribution in [3.63, 3.8) is 0 Å². The zero-order chi connectivity index (χ0) is 15.3. The molecule has 0 radical (unpaired) electrons. The van der Waals surface area contributed by atoms with Crippen LogP contribution in [0, 0.1) is 11.7 Å². The first-order valence-electron chi connectivity index (χ1n) is 7.73. The largest absolute Gasteiger partial charge is 0.394 e. The highest BCUT2D eigenvalue weighted by atomic mass is 19.1. The summed E-state index contributed by atoms with van der Waals surface area (Å²) < 4.78 is 13.6. The molecule has 0 heterocycles. The van der Waals surface area contributed by atoms with Crippen LogP contribution in [0.3, 0.4) is 0 Å². The molecule has 0 spiro atoms. The van der Waals surface area contributed by atoms with Crippen LogP contribution in [0.5, 0.6) is 0 Å². The van der Waals surface area contributed by atoms with Crippen molar-refractivity contribution in [3.05, 3.63) is 35.6 Å². The molecule has 1 aromatic rings. The summed E-state index contributed by atoms with van der Waals surface area (Å²) in [5.74, 6) is -0.441. The Morgan fingerprint density at radius 3 is 2.67 bits per heavy atom. The number of aliphatic hydroxyl groups is 1. The molecule has 1 aliphatic rings. The molecule has 2 rings (SSSR count). The second-order valence-electron chi connectivity index (χ2n) is 6.17. The molecule has 1 aromatic carbocycles. The summed E-state index contributed by atoms with van der Waals surface area (Å²) in [5.41, 5.74) is 0.221. The molecule has 1 fully saturated rings. The first kappa shape index (κ1) is 16.0. The van der Waals surface area contributed by atoms with E-state index in [1.165, 1.54) is 6.07 Å². The number of aryl methyl sites for hydroxylation is 1. The van der Waals surface area contributed by atoms with Crippen molar-refractivity contribution in [1.82, 2.24) is 5.32 Å². The van der Waals surface area contributed by atoms with Crippen molar-refractivity contribution in [1.29, 1.82) is 0 Å². The first-order chi connectivity index (χ1) is 10.1. The van der Waals surface area contributed by atoms with Crippen LogP contribution >= 0.6 is 0 Å². The molecule has 1 unspecified atom stereocenters. The lowest BCUT2D eigenvalue weighted by molar-refractivity contribution is -0.127. The minimum atomic E-state index is -0.427. The number of halogens is 1. The average molecular weight is 293 g/mol. The predicted molar refractivity (Wildman–Crippen MR) is 80.3 cm³/mol. The van der Waals surface area contributed by atoms with Crippen LogP contribution in [-0.2, 0) is 11.2 Å². The Bertz CT molecular complexity index is 483. The number of hydrogen-bond donors (Lipinski definition) is 2. The lowest BCUT2D eigenvalue weighted by Gasteiger charge is -2.29. The van der Waals surface area contributed by atoms with Gasteiger partial charge in [-0.3, -0.25) is 4.79 Å². The number of nitrogens with one attached hydrogen (secondary N) is 1. The van der Waals surface area contributed by atoms with E-state index < -0.39 is 5.54 Å². The van der Waals surface area contributed by atoms with Crippen molar-refractivity contribution >= 4 is 5.91 Å². The van der Waals surface area contributed by atoms with Gasteiger partial charge < -0.3 is 10.4 Å². The third-order valence-electron chi connectivity index (χ3n) is 4.50. The standard InChI is InChI=1S/C17H24FNO2/c1-13(8-9-14-6-2-3-7-15(14)18)16(21)19-17(12-20)10-4-5-11-17/h2-3,6-7,13,20H,4-5,8-12H2,1H3,(H,19,21). The van der Waals surface area contributed by atoms with Gasteiger partial charge in [0.2, 0.25) is 5.91 Å². The minimum absolute atomic E-state index is 0.00122. The zero-order valence-electron chi connectivity index (χ0n) is 12.6. The Labute approximate surface area is 125 Å². The zero-order valence-corrected chi connectivity index (χ0v) is 12.6. The molecule has 1 amide bonds. The highest BCUT2D eigenvalue weighted by molar-refractivity contribution is 5.79. The fourth-order valence-corrected chi connectivity index (χ4v) is 2.96. The van der Waals surface area contributed by atoms with E-state index in [1.807, 2.05) is 13.0 Å². The molecule has 1 atom stereocenters. The first-order valence-corrected chi connectivity index (χ1v) is 7.73. The van der Waals surface area contributed by atoms with Crippen LogP contribution in [0.2, 0.25) is 0 Å². The van der Waals surface area contributed by atoms with E-state index in [9.17, 15) is 14.3 Å². The van der Waals surface area contributed by atoms with E-state index in [2.05, 4.69) is 5.32 Å². The van der Waals surface area contributed by atoms with Gasteiger partial charge in [0.15, 0.2) is 0 Å². The summed E-state index contributed by atoms with van der Waals surface area (Å²) >= 11 is 0. The second kappa shape index (κ2) is 7.03. The Kier molecular flexibility index (Phi) is 5.34. The van der Waals surface area contributed by atoms with Crippen LogP contribution in [0.4, 0.5) is 4.39 Å². The topological polar surface area (TPSA) is 49.3 Å². The molecule has 0 aliphatic heterocycles. The summed E-state index contributed by atoms with van der Waals surface area (Å²) in [4.78, 5) is 12.3. The molecule has 1 saturated carbocycles. The maximum atomic E-state index is 13.6. The van der Waals surface area contributed by atoms with Gasteiger partial charge in [0.25, 0.3) is 0 Å². The predicted octanol–water partition coefficient (Wildman–Crippen LogP) is 2.82. The molecule has 3 nitrogen and oxygen atoms in total. The van der Waals surface area contributed by atoms with Gasteiger partial charge in [0.1, 0.15) is 5.82 Å². The smallest absolute Gasteiger partial charge is 0.223 e. The SMILES string of the molecule is CC(CCc1ccccc1F)C(=O)NC1(CO)CCCC1. The minimum Gasteiger partial charge on any atom is -0.394 e. The molecule has 0 saturated heterocycles. The Morgan fingerprint density at radius 2 is 2.05 bits per heavy atom. The number of hydrogen-bond acceptors (Lipinski definition) is 2. The quantitative estimate of drug-likeness (QED) is 0.847. The van der Waals surface area contributed by atoms with E-state index in [0.717, 1.165) is 25.7 Å². The molecule has 2 N–H and O–H groups in total. The van der Waals surface area contributed by atoms with Crippen molar-refractivity contribution in [2.45, 2.75) is 51.0 Å². The van der Waals surface area contributed by atoms with Crippen LogP contribution in [-0.4, -0.2) is 23.2 Å². The highest BCUT2D eigenvalue weighted by Crippen LogP contribution is 2.29. The van der Waals surface area contributed by atoms with Gasteiger partial charge in [-0.1, -0.05) is 38.0 Å². The van der Waals surface area contributed by atoms with Gasteiger partial charge >= 0.3 is 0 Å². The molecule has 0 bridgehead atoms. The van der Waals surface area contributed by atoms with E-state index in [4.69, 9.17) is 0 Å². The molecule has 21 heavy (non-hydrogen) atoms. The summed E-state index contributed by atoms with van der Waals surface area (Å²) in [6.45, 7) is 1.86. The Hall–Kier alpha value is -1.42. The molecule has 0 aromatic heterocycles. The van der Waals surface area contributed by atoms with Crippen molar-refractivity contribution < 1.29 is 14.3 Å². The number of amides is 1. The molecule has 1 aliphatic carbocycles. The third kappa shape index (κ3) is 4.03. The van der Waals surface area contributed by atoms with Gasteiger partial charge in [-0.15, -0.1) is 0 Å². The number of rotatable bonds is 6. The number of carbonyl (C=O) groups is 1. The monoisotopic (exact) mass is 293 g/mol. The van der Waals surface area contributed by atoms with E-state index in [0.29, 0.717) is 18.4 Å². The van der Waals surface area contributed by atoms with Crippen LogP contribution < -0.4 is 5.32 Å². The lowest BCUT2D eigenvalue weighted by Crippen LogP contribution is -2.50. The highest BCUT2D eigenvalue weighted by Gasteiger charge is 2.35. The summed E-state index contributed by atoms with van der Waals surface area (Å²) in [7, 11) is 0. The second-order valence-corrected chi connectivity index (χ2v) is 6.17. The van der Waals surface area contributed by atoms with E-state index >= 15 is 0 Å². The summed E-state index contributed by atoms with van der Waals surface area (Å²) in [5, 5.41) is 12.5. The van der Waals surface area contributed by atoms with Crippen LogP contribution in [0.25, 0.3) is 0 Å². The van der Waals surface area contributed by atoms with Gasteiger partial charge in [0.05, 0.1) is 12.1 Å². The normalized spacial score (nSPS) is 18.4. The van der Waals surface area contributed by atoms with Crippen molar-refractivity contribution in [2.75, 3.05) is 6.61 Å². The van der Waals surface area contributed by atoms with Crippen LogP contribution in [0.15, 0.2) is 24.3 Å². The molecule has 116 valence electrons. The summed E-state index contributed by atoms with van der Waals surface area (Å²) in [6, 6.07) is 6.67. The number of aliphatic hydroxyl groups excluding tert-OH is 1. The number of carbonyl (C=O) groups excluding carboxylic acids is 1. The Morgan fingerprint density at radius 1 is 1.38 bits per heavy atom. The van der Waals surface area contributed by atoms with Crippen LogP contribution in [0.1, 0.15) is 44.6 Å². The van der Waals surface area contributed by atoms with Gasteiger partial charge in [-0.2, -0.15) is 0 Å². The van der Waals surface area contributed by atoms with E-state index in [-0.39, 0.29) is 24.2 Å². The molecular formula is C17H24FNO2. The fourth-order valence-electron chi connectivity index (χ4n) is 2.96. The molecular weight excluding hydrogens is 269 g/mol. The fraction of sp³-hybridized carbons (Fsp3) is 0.588. The van der Waals surface area contributed by atoms with Crippen molar-refractivity contribution in [2.24, 2.45) is 5.92 Å². The summed E-state index contributed by atoms with van der Waals surface area (Å²) in [6.07, 6.45) is 4.93. The lowest BCUT2D eigenvalue weighted by atomic mass is 9.95. The van der Waals surface area contributed by atoms with Gasteiger partial charge in [-0.05, 0) is 37.3 Å². The maximum absolute atomic E-state index is 13.6. The number of benzene rings is 1. The maximum Gasteiger partial charge on any atom is 0.223 e. The van der Waals surface area contributed by atoms with Gasteiger partial charge in [-0.25, -0.2) is 4.39 Å². The average Bonchev–Trinajstić information content (AvgIpc) is 2.95. The van der Waals surface area contributed by atoms with Crippen molar-refractivity contribution in [3.8, 4) is 0 Å². The Balaban J connectivity index is 1.87.